The molecule has 5 rings (SSSR count). The van der Waals surface area contributed by atoms with Crippen molar-refractivity contribution in [2.45, 2.75) is 6.61 Å². The number of hydrogen-bond acceptors (Lipinski definition) is 11. The number of fused-ring (bicyclic) bond motifs is 1. The summed E-state index contributed by atoms with van der Waals surface area (Å²) >= 11 is 0. The van der Waals surface area contributed by atoms with Crippen molar-refractivity contribution in [2.24, 2.45) is 0 Å². The predicted molar refractivity (Wildman–Crippen MR) is 188 cm³/mol. The summed E-state index contributed by atoms with van der Waals surface area (Å²) in [5.74, 6) is 1.88. The molecule has 5 aromatic rings. The number of hydrogen-bond donors (Lipinski definition) is 1. The molecule has 0 saturated heterocycles. The molecular weight excluding hydrogens is 656 g/mol. The Kier molecular flexibility index (Phi) is 11.4. The summed E-state index contributed by atoms with van der Waals surface area (Å²) < 4.78 is 46.4. The average molecular weight is 693 g/mol. The van der Waals surface area contributed by atoms with Gasteiger partial charge in [0.25, 0.3) is 5.56 Å². The van der Waals surface area contributed by atoms with Crippen LogP contribution in [0.1, 0.15) is 16.1 Å². The van der Waals surface area contributed by atoms with Crippen molar-refractivity contribution in [2.75, 3.05) is 55.5 Å². The van der Waals surface area contributed by atoms with E-state index in [0.717, 1.165) is 0 Å². The van der Waals surface area contributed by atoms with E-state index in [-0.39, 0.29) is 35.8 Å². The summed E-state index contributed by atoms with van der Waals surface area (Å²) in [5.41, 5.74) is 7.78. The molecule has 0 atom stereocenters. The molecule has 49 heavy (non-hydrogen) atoms. The average Bonchev–Trinajstić information content (AvgIpc) is 3.12. The first kappa shape index (κ1) is 36.1. The second-order valence-corrected chi connectivity index (χ2v) is 10.4. The number of nitrogen functional groups attached to an aromatic ring is 1. The van der Waals surface area contributed by atoms with Crippen LogP contribution in [-0.4, -0.2) is 60.3 Å². The van der Waals surface area contributed by atoms with Gasteiger partial charge in [0.15, 0.2) is 34.5 Å². The Hall–Kier alpha value is -5.75. The Bertz CT molecular complexity index is 2020. The lowest BCUT2D eigenvalue weighted by atomic mass is 9.95. The predicted octanol–water partition coefficient (Wildman–Crippen LogP) is 6.08. The fourth-order valence-corrected chi connectivity index (χ4v) is 5.58. The third-order valence-corrected chi connectivity index (χ3v) is 7.82. The fourth-order valence-electron chi connectivity index (χ4n) is 5.58. The number of carbonyl (C=O) groups is 1. The summed E-state index contributed by atoms with van der Waals surface area (Å²) in [5, 5.41) is 0.598. The van der Waals surface area contributed by atoms with Gasteiger partial charge >= 0.3 is 5.97 Å². The maximum absolute atomic E-state index is 14.5. The lowest BCUT2D eigenvalue weighted by Crippen LogP contribution is -2.27. The highest BCUT2D eigenvalue weighted by Crippen LogP contribution is 2.45. The van der Waals surface area contributed by atoms with E-state index in [9.17, 15) is 9.59 Å². The lowest BCUT2D eigenvalue weighted by molar-refractivity contribution is 0.0591. The minimum atomic E-state index is -0.765. The van der Waals surface area contributed by atoms with Crippen molar-refractivity contribution in [3.8, 4) is 57.1 Å². The van der Waals surface area contributed by atoms with E-state index in [1.54, 1.807) is 68.8 Å². The smallest absolute Gasteiger partial charge is 0.355 e. The molecule has 0 spiro atoms. The summed E-state index contributed by atoms with van der Waals surface area (Å²) in [4.78, 5) is 28.2. The lowest BCUT2D eigenvalue weighted by Gasteiger charge is -2.22. The van der Waals surface area contributed by atoms with Crippen LogP contribution in [0.2, 0.25) is 0 Å². The van der Waals surface area contributed by atoms with Gasteiger partial charge in [-0.3, -0.25) is 9.36 Å². The summed E-state index contributed by atoms with van der Waals surface area (Å²) in [6.07, 6.45) is 0. The number of benzene rings is 4. The summed E-state index contributed by atoms with van der Waals surface area (Å²) in [7, 11) is 10.3. The number of rotatable bonds is 12. The summed E-state index contributed by atoms with van der Waals surface area (Å²) in [6.45, 7) is 0.0639. The number of ether oxygens (including phenoxy) is 8. The molecular formula is C36H37ClN2O10. The topological polar surface area (TPSA) is 139 Å². The van der Waals surface area contributed by atoms with Crippen molar-refractivity contribution in [1.29, 1.82) is 0 Å². The largest absolute Gasteiger partial charge is 0.493 e. The van der Waals surface area contributed by atoms with E-state index in [0.29, 0.717) is 67.9 Å². The van der Waals surface area contributed by atoms with E-state index in [4.69, 9.17) is 43.6 Å². The maximum atomic E-state index is 14.5. The third kappa shape index (κ3) is 6.68. The summed E-state index contributed by atoms with van der Waals surface area (Å²) in [6, 6.07) is 18.6. The van der Waals surface area contributed by atoms with Crippen LogP contribution in [0.4, 0.5) is 5.69 Å². The number of halogens is 1. The van der Waals surface area contributed by atoms with Crippen LogP contribution >= 0.6 is 12.4 Å². The molecule has 0 aliphatic heterocycles. The first-order chi connectivity index (χ1) is 23.2. The molecule has 0 fully saturated rings. The number of aromatic nitrogens is 1. The minimum absolute atomic E-state index is 0. The van der Waals surface area contributed by atoms with Crippen molar-refractivity contribution in [3.63, 3.8) is 0 Å². The van der Waals surface area contributed by atoms with E-state index >= 15 is 0 Å². The highest BCUT2D eigenvalue weighted by molar-refractivity contribution is 6.08. The number of anilines is 1. The molecule has 0 unspecified atom stereocenters. The van der Waals surface area contributed by atoms with Crippen LogP contribution in [-0.2, 0) is 11.3 Å². The third-order valence-electron chi connectivity index (χ3n) is 7.82. The minimum Gasteiger partial charge on any atom is -0.493 e. The second-order valence-electron chi connectivity index (χ2n) is 10.4. The second kappa shape index (κ2) is 15.4. The number of esters is 1. The van der Waals surface area contributed by atoms with E-state index < -0.39 is 11.5 Å². The molecule has 1 heterocycles. The Morgan fingerprint density at radius 2 is 1.27 bits per heavy atom. The molecule has 0 aliphatic carbocycles. The van der Waals surface area contributed by atoms with Crippen molar-refractivity contribution >= 4 is 34.8 Å². The monoisotopic (exact) mass is 692 g/mol. The Morgan fingerprint density at radius 1 is 0.673 bits per heavy atom. The molecule has 0 bridgehead atoms. The van der Waals surface area contributed by atoms with Crippen LogP contribution in [0.15, 0.2) is 71.5 Å². The van der Waals surface area contributed by atoms with Gasteiger partial charge in [0.1, 0.15) is 12.3 Å². The van der Waals surface area contributed by atoms with Crippen molar-refractivity contribution < 1.29 is 42.7 Å². The van der Waals surface area contributed by atoms with Gasteiger partial charge in [-0.2, -0.15) is 0 Å². The first-order valence-corrected chi connectivity index (χ1v) is 14.6. The zero-order valence-corrected chi connectivity index (χ0v) is 28.9. The zero-order valence-electron chi connectivity index (χ0n) is 28.1. The quantitative estimate of drug-likeness (QED) is 0.120. The normalized spacial score (nSPS) is 10.5. The Balaban J connectivity index is 0.00000541. The van der Waals surface area contributed by atoms with Gasteiger partial charge in [0, 0.05) is 27.9 Å². The highest BCUT2D eigenvalue weighted by Gasteiger charge is 2.28. The van der Waals surface area contributed by atoms with E-state index in [1.165, 1.54) is 40.1 Å². The van der Waals surface area contributed by atoms with E-state index in [2.05, 4.69) is 0 Å². The first-order valence-electron chi connectivity index (χ1n) is 14.6. The number of methoxy groups -OCH3 is 7. The molecule has 2 N–H and O–H groups in total. The number of para-hydroxylation sites is 1. The van der Waals surface area contributed by atoms with Gasteiger partial charge in [-0.1, -0.05) is 12.1 Å². The van der Waals surface area contributed by atoms with Gasteiger partial charge in [-0.15, -0.1) is 12.4 Å². The molecule has 258 valence electrons. The number of carbonyl (C=O) groups excluding carboxylic acids is 1. The fraction of sp³-hybridized carbons (Fsp3) is 0.222. The van der Waals surface area contributed by atoms with Crippen molar-refractivity contribution in [1.82, 2.24) is 4.57 Å². The molecule has 0 aliphatic rings. The molecule has 0 amide bonds. The standard InChI is InChI=1S/C36H36N2O10.ClH/c1-41-26-10-8-9-20(33(26)45-5)19-48-28-18-25-24(17-27(28)42-2)31(21-15-29(43-3)34(46-6)30(16-21)44-4)32(36(40)47-7)38(35(25)39)23-13-11-22(37)12-14-23;/h8-18H,19,37H2,1-7H3;1H. The SMILES string of the molecule is COC(=O)c1c(-c2cc(OC)c(OC)c(OC)c2)c2cc(OC)c(OCc3cccc(OC)c3OC)cc2c(=O)n1-c1ccc(N)cc1.Cl. The van der Waals surface area contributed by atoms with Crippen LogP contribution in [0.25, 0.3) is 27.6 Å². The molecule has 1 aromatic heterocycles. The van der Waals surface area contributed by atoms with Gasteiger partial charge in [0.2, 0.25) is 5.75 Å². The Labute approximate surface area is 289 Å². The van der Waals surface area contributed by atoms with Crippen molar-refractivity contribution in [3.05, 3.63) is 88.3 Å². The van der Waals surface area contributed by atoms with Crippen LogP contribution in [0.5, 0.6) is 40.2 Å². The molecule has 12 nitrogen and oxygen atoms in total. The van der Waals surface area contributed by atoms with Gasteiger partial charge in [0.05, 0.1) is 55.2 Å². The van der Waals surface area contributed by atoms with Crippen LogP contribution < -0.4 is 44.5 Å². The maximum Gasteiger partial charge on any atom is 0.355 e. The highest BCUT2D eigenvalue weighted by atomic mass is 35.5. The van der Waals surface area contributed by atoms with Crippen LogP contribution in [0, 0.1) is 0 Å². The van der Waals surface area contributed by atoms with Gasteiger partial charge < -0.3 is 43.6 Å². The van der Waals surface area contributed by atoms with Crippen LogP contribution in [0.3, 0.4) is 0 Å². The molecule has 0 radical (unpaired) electrons. The van der Waals surface area contributed by atoms with Gasteiger partial charge in [-0.05, 0) is 60.2 Å². The molecule has 4 aromatic carbocycles. The van der Waals surface area contributed by atoms with E-state index in [1.807, 2.05) is 12.1 Å². The van der Waals surface area contributed by atoms with Gasteiger partial charge in [-0.25, -0.2) is 4.79 Å². The molecule has 13 heteroatoms. The molecule has 0 saturated carbocycles. The number of pyridine rings is 1. The Morgan fingerprint density at radius 3 is 1.82 bits per heavy atom. The number of nitrogens with two attached hydrogens (primary N) is 1. The number of nitrogens with zero attached hydrogens (tertiary/aromatic N) is 1. The zero-order chi connectivity index (χ0) is 34.5.